The van der Waals surface area contributed by atoms with E-state index in [0.29, 0.717) is 17.6 Å². The minimum atomic E-state index is 0. The van der Waals surface area contributed by atoms with Gasteiger partial charge in [0.25, 0.3) is 0 Å². The number of nitrogens with zero attached hydrogens (tertiary/aromatic N) is 3. The second-order valence-electron chi connectivity index (χ2n) is 6.05. The van der Waals surface area contributed by atoms with E-state index in [2.05, 4.69) is 46.5 Å². The number of aromatic nitrogens is 2. The zero-order valence-corrected chi connectivity index (χ0v) is 18.5. The Hall–Kier alpha value is -0.900. The number of rotatable bonds is 11. The zero-order chi connectivity index (χ0) is 17.8. The molecule has 2 N–H and O–H groups in total. The highest BCUT2D eigenvalue weighted by molar-refractivity contribution is 14.0. The van der Waals surface area contributed by atoms with Crippen LogP contribution in [-0.2, 0) is 11.2 Å². The minimum Gasteiger partial charge on any atom is -0.378 e. The molecule has 0 amide bonds. The summed E-state index contributed by atoms with van der Waals surface area (Å²) in [6.07, 6.45) is 2.89. The van der Waals surface area contributed by atoms with Crippen molar-refractivity contribution in [2.45, 2.75) is 60.0 Å². The van der Waals surface area contributed by atoms with Crippen LogP contribution in [0.25, 0.3) is 0 Å². The quantitative estimate of drug-likeness (QED) is 0.225. The number of hydrogen-bond donors (Lipinski definition) is 2. The topological polar surface area (TPSA) is 84.6 Å². The predicted molar refractivity (Wildman–Crippen MR) is 112 cm³/mol. The summed E-state index contributed by atoms with van der Waals surface area (Å²) in [5.74, 6) is 2.72. The van der Waals surface area contributed by atoms with Gasteiger partial charge in [0.1, 0.15) is 0 Å². The van der Waals surface area contributed by atoms with Crippen molar-refractivity contribution in [2.75, 3.05) is 26.2 Å². The first kappa shape index (κ1) is 24.1. The SMILES string of the molecule is CCNC(=NCCCc1nc(C)no1)NCCC(OCC)C(C)C.I. The molecule has 0 aromatic carbocycles. The van der Waals surface area contributed by atoms with Crippen LogP contribution in [0, 0.1) is 12.8 Å². The summed E-state index contributed by atoms with van der Waals surface area (Å²) >= 11 is 0. The van der Waals surface area contributed by atoms with Gasteiger partial charge in [0.15, 0.2) is 11.8 Å². The molecule has 146 valence electrons. The van der Waals surface area contributed by atoms with Crippen LogP contribution in [0.15, 0.2) is 9.52 Å². The Balaban J connectivity index is 0.00000576. The summed E-state index contributed by atoms with van der Waals surface area (Å²) < 4.78 is 10.9. The predicted octanol–water partition coefficient (Wildman–Crippen LogP) is 2.93. The van der Waals surface area contributed by atoms with Gasteiger partial charge in [-0.2, -0.15) is 4.98 Å². The van der Waals surface area contributed by atoms with Crippen LogP contribution < -0.4 is 10.6 Å². The number of guanidine groups is 1. The molecule has 0 aliphatic heterocycles. The molecule has 1 atom stereocenters. The lowest BCUT2D eigenvalue weighted by molar-refractivity contribution is 0.0258. The van der Waals surface area contributed by atoms with E-state index in [0.717, 1.165) is 51.5 Å². The van der Waals surface area contributed by atoms with E-state index in [9.17, 15) is 0 Å². The highest BCUT2D eigenvalue weighted by Crippen LogP contribution is 2.09. The molecule has 1 unspecified atom stereocenters. The number of aliphatic imine (C=N–C) groups is 1. The molecule has 0 saturated heterocycles. The van der Waals surface area contributed by atoms with Crippen molar-refractivity contribution in [1.82, 2.24) is 20.8 Å². The lowest BCUT2D eigenvalue weighted by Gasteiger charge is -2.21. The van der Waals surface area contributed by atoms with Crippen LogP contribution in [0.1, 0.15) is 52.3 Å². The Morgan fingerprint density at radius 2 is 2.04 bits per heavy atom. The standard InChI is InChI=1S/C17H33N5O2.HI/c1-6-18-17(20-12-10-15(13(3)4)23-7-2)19-11-8-9-16-21-14(5)22-24-16;/h13,15H,6-12H2,1-5H3,(H2,18,19,20);1H. The summed E-state index contributed by atoms with van der Waals surface area (Å²) in [6.45, 7) is 13.5. The van der Waals surface area contributed by atoms with Crippen LogP contribution >= 0.6 is 24.0 Å². The first-order chi connectivity index (χ1) is 11.6. The van der Waals surface area contributed by atoms with Crippen LogP contribution in [0.3, 0.4) is 0 Å². The molecule has 1 aromatic heterocycles. The van der Waals surface area contributed by atoms with Crippen molar-refractivity contribution >= 4 is 29.9 Å². The van der Waals surface area contributed by atoms with Crippen molar-refractivity contribution in [3.63, 3.8) is 0 Å². The molecule has 0 radical (unpaired) electrons. The fourth-order valence-electron chi connectivity index (χ4n) is 2.36. The van der Waals surface area contributed by atoms with Gasteiger partial charge in [-0.3, -0.25) is 4.99 Å². The third kappa shape index (κ3) is 10.6. The van der Waals surface area contributed by atoms with Gasteiger partial charge < -0.3 is 19.9 Å². The van der Waals surface area contributed by atoms with Gasteiger partial charge in [0.05, 0.1) is 6.10 Å². The third-order valence-corrected chi connectivity index (χ3v) is 3.58. The molecule has 1 aromatic rings. The lowest BCUT2D eigenvalue weighted by atomic mass is 10.0. The van der Waals surface area contributed by atoms with Crippen molar-refractivity contribution in [3.05, 3.63) is 11.7 Å². The van der Waals surface area contributed by atoms with Gasteiger partial charge >= 0.3 is 0 Å². The van der Waals surface area contributed by atoms with E-state index >= 15 is 0 Å². The highest BCUT2D eigenvalue weighted by Gasteiger charge is 2.12. The number of nitrogens with one attached hydrogen (secondary N) is 2. The van der Waals surface area contributed by atoms with Crippen molar-refractivity contribution in [1.29, 1.82) is 0 Å². The fraction of sp³-hybridized carbons (Fsp3) is 0.824. The largest absolute Gasteiger partial charge is 0.378 e. The summed E-state index contributed by atoms with van der Waals surface area (Å²) in [6, 6.07) is 0. The Kier molecular flexibility index (Phi) is 13.8. The molecule has 0 aliphatic rings. The molecular weight excluding hydrogens is 433 g/mol. The normalized spacial score (nSPS) is 12.8. The maximum Gasteiger partial charge on any atom is 0.226 e. The Morgan fingerprint density at radius 1 is 1.28 bits per heavy atom. The lowest BCUT2D eigenvalue weighted by Crippen LogP contribution is -2.39. The summed E-state index contributed by atoms with van der Waals surface area (Å²) in [5.41, 5.74) is 0. The van der Waals surface area contributed by atoms with Crippen LogP contribution in [0.2, 0.25) is 0 Å². The molecule has 0 aliphatic carbocycles. The van der Waals surface area contributed by atoms with E-state index in [1.54, 1.807) is 0 Å². The van der Waals surface area contributed by atoms with Crippen LogP contribution in [0.4, 0.5) is 0 Å². The minimum absolute atomic E-state index is 0. The smallest absolute Gasteiger partial charge is 0.226 e. The molecular formula is C17H34IN5O2. The maximum absolute atomic E-state index is 5.77. The summed E-state index contributed by atoms with van der Waals surface area (Å²) in [5, 5.41) is 10.4. The number of hydrogen-bond acceptors (Lipinski definition) is 5. The van der Waals surface area contributed by atoms with Gasteiger partial charge in [0, 0.05) is 32.7 Å². The average Bonchev–Trinajstić information content (AvgIpc) is 2.95. The number of ether oxygens (including phenoxy) is 1. The van der Waals surface area contributed by atoms with E-state index in [-0.39, 0.29) is 30.1 Å². The molecule has 0 spiro atoms. The maximum atomic E-state index is 5.77. The Morgan fingerprint density at radius 3 is 2.60 bits per heavy atom. The fourth-order valence-corrected chi connectivity index (χ4v) is 2.36. The molecule has 7 nitrogen and oxygen atoms in total. The van der Waals surface area contributed by atoms with Crippen LogP contribution in [-0.4, -0.2) is 48.4 Å². The summed E-state index contributed by atoms with van der Waals surface area (Å²) in [7, 11) is 0. The van der Waals surface area contributed by atoms with Gasteiger partial charge in [0.2, 0.25) is 5.89 Å². The molecule has 1 rings (SSSR count). The van der Waals surface area contributed by atoms with Crippen molar-refractivity contribution in [3.8, 4) is 0 Å². The Labute approximate surface area is 168 Å². The molecule has 0 bridgehead atoms. The highest BCUT2D eigenvalue weighted by atomic mass is 127. The monoisotopic (exact) mass is 467 g/mol. The molecule has 0 fully saturated rings. The van der Waals surface area contributed by atoms with E-state index in [1.165, 1.54) is 0 Å². The van der Waals surface area contributed by atoms with Gasteiger partial charge in [-0.25, -0.2) is 0 Å². The first-order valence-corrected chi connectivity index (χ1v) is 8.99. The second kappa shape index (κ2) is 14.3. The van der Waals surface area contributed by atoms with Crippen molar-refractivity contribution < 1.29 is 9.26 Å². The third-order valence-electron chi connectivity index (χ3n) is 3.58. The van der Waals surface area contributed by atoms with Gasteiger partial charge in [-0.15, -0.1) is 24.0 Å². The molecule has 25 heavy (non-hydrogen) atoms. The molecule has 1 heterocycles. The summed E-state index contributed by atoms with van der Waals surface area (Å²) in [4.78, 5) is 8.78. The number of aryl methyl sites for hydroxylation is 2. The number of halogens is 1. The van der Waals surface area contributed by atoms with E-state index in [1.807, 2.05) is 13.8 Å². The first-order valence-electron chi connectivity index (χ1n) is 8.99. The van der Waals surface area contributed by atoms with Gasteiger partial charge in [-0.05, 0) is 39.5 Å². The zero-order valence-electron chi connectivity index (χ0n) is 16.2. The Bertz CT molecular complexity index is 479. The van der Waals surface area contributed by atoms with Crippen molar-refractivity contribution in [2.24, 2.45) is 10.9 Å². The second-order valence-corrected chi connectivity index (χ2v) is 6.05. The molecule has 8 heteroatoms. The van der Waals surface area contributed by atoms with Gasteiger partial charge in [-0.1, -0.05) is 19.0 Å². The average molecular weight is 467 g/mol. The van der Waals surface area contributed by atoms with Crippen LogP contribution in [0.5, 0.6) is 0 Å². The molecule has 0 saturated carbocycles. The van der Waals surface area contributed by atoms with E-state index < -0.39 is 0 Å². The van der Waals surface area contributed by atoms with E-state index in [4.69, 9.17) is 9.26 Å².